The molecule has 1 amide bonds. The first-order valence-corrected chi connectivity index (χ1v) is 10.4. The van der Waals surface area contributed by atoms with Crippen LogP contribution >= 0.6 is 0 Å². The summed E-state index contributed by atoms with van der Waals surface area (Å²) in [4.78, 5) is 18.2. The van der Waals surface area contributed by atoms with E-state index >= 15 is 0 Å². The first-order chi connectivity index (χ1) is 11.2. The second kappa shape index (κ2) is 7.72. The Morgan fingerprint density at radius 3 is 2.50 bits per heavy atom. The fourth-order valence-corrected chi connectivity index (χ4v) is 4.71. The van der Waals surface area contributed by atoms with Crippen LogP contribution in [0.4, 0.5) is 0 Å². The molecule has 1 heterocycles. The van der Waals surface area contributed by atoms with Crippen molar-refractivity contribution >= 4 is 21.7 Å². The molecule has 0 radical (unpaired) electrons. The quantitative estimate of drug-likeness (QED) is 0.567. The van der Waals surface area contributed by atoms with E-state index in [1.54, 1.807) is 20.9 Å². The Labute approximate surface area is 145 Å². The van der Waals surface area contributed by atoms with Gasteiger partial charge in [0, 0.05) is 26.2 Å². The highest BCUT2D eigenvalue weighted by Crippen LogP contribution is 2.23. The molecule has 7 nitrogen and oxygen atoms in total. The number of rotatable bonds is 3. The van der Waals surface area contributed by atoms with Gasteiger partial charge in [0.15, 0.2) is 15.8 Å². The van der Waals surface area contributed by atoms with Gasteiger partial charge >= 0.3 is 0 Å². The highest BCUT2D eigenvalue weighted by atomic mass is 32.2. The Bertz CT molecular complexity index is 580. The summed E-state index contributed by atoms with van der Waals surface area (Å²) in [6.07, 6.45) is 5.72. The fraction of sp³-hybridized carbons (Fsp3) is 0.875. The van der Waals surface area contributed by atoms with Crippen molar-refractivity contribution in [2.75, 3.05) is 32.4 Å². The van der Waals surface area contributed by atoms with E-state index in [2.05, 4.69) is 15.6 Å². The minimum absolute atomic E-state index is 0.0352. The van der Waals surface area contributed by atoms with Crippen molar-refractivity contribution in [1.29, 1.82) is 0 Å². The van der Waals surface area contributed by atoms with Crippen molar-refractivity contribution in [2.45, 2.75) is 56.7 Å². The van der Waals surface area contributed by atoms with Gasteiger partial charge in [-0.15, -0.1) is 0 Å². The lowest BCUT2D eigenvalue weighted by atomic mass is 9.95. The van der Waals surface area contributed by atoms with Gasteiger partial charge < -0.3 is 15.5 Å². The maximum absolute atomic E-state index is 12.1. The molecule has 1 saturated carbocycles. The molecule has 0 aromatic carbocycles. The lowest BCUT2D eigenvalue weighted by molar-refractivity contribution is -0.120. The molecule has 2 fully saturated rings. The van der Waals surface area contributed by atoms with Gasteiger partial charge in [-0.25, -0.2) is 8.42 Å². The van der Waals surface area contributed by atoms with Crippen LogP contribution in [0.3, 0.4) is 0 Å². The van der Waals surface area contributed by atoms with Gasteiger partial charge in [-0.2, -0.15) is 0 Å². The molecule has 2 N–H and O–H groups in total. The number of hydrogen-bond donors (Lipinski definition) is 2. The number of sulfone groups is 1. The largest absolute Gasteiger partial charge is 0.352 e. The van der Waals surface area contributed by atoms with Gasteiger partial charge in [-0.05, 0) is 26.7 Å². The highest BCUT2D eigenvalue weighted by molar-refractivity contribution is 7.92. The zero-order valence-electron chi connectivity index (χ0n) is 15.0. The lowest BCUT2D eigenvalue weighted by Gasteiger charge is -2.39. The molecule has 2 aliphatic rings. The van der Waals surface area contributed by atoms with Crippen molar-refractivity contribution in [3.05, 3.63) is 0 Å². The summed E-state index contributed by atoms with van der Waals surface area (Å²) < 4.78 is 23.4. The standard InChI is InChI=1S/C16H30N4O3S/c1-16(2)12-20(9-10-24(16,22)23)15(17-3)18-11-14(21)19-13-7-5-4-6-8-13/h13H,4-12H2,1-3H3,(H,17,18)(H,19,21). The number of nitrogens with one attached hydrogen (secondary N) is 2. The minimum atomic E-state index is -3.09. The van der Waals surface area contributed by atoms with Gasteiger partial charge in [-0.1, -0.05) is 19.3 Å². The van der Waals surface area contributed by atoms with E-state index in [9.17, 15) is 13.2 Å². The van der Waals surface area contributed by atoms with Crippen molar-refractivity contribution in [3.63, 3.8) is 0 Å². The van der Waals surface area contributed by atoms with Crippen LogP contribution in [0, 0.1) is 0 Å². The molecule has 1 aliphatic carbocycles. The second-order valence-corrected chi connectivity index (χ2v) is 10.0. The second-order valence-electron chi connectivity index (χ2n) is 7.30. The minimum Gasteiger partial charge on any atom is -0.352 e. The Kier molecular flexibility index (Phi) is 6.11. The number of guanidine groups is 1. The summed E-state index contributed by atoms with van der Waals surface area (Å²) in [6, 6.07) is 0.286. The van der Waals surface area contributed by atoms with Crippen LogP contribution in [-0.4, -0.2) is 68.4 Å². The first kappa shape index (κ1) is 19.0. The number of amides is 1. The Hall–Kier alpha value is -1.31. The van der Waals surface area contributed by atoms with Gasteiger partial charge in [0.05, 0.1) is 17.0 Å². The monoisotopic (exact) mass is 358 g/mol. The van der Waals surface area contributed by atoms with Crippen molar-refractivity contribution < 1.29 is 13.2 Å². The highest BCUT2D eigenvalue weighted by Gasteiger charge is 2.41. The Morgan fingerprint density at radius 2 is 1.92 bits per heavy atom. The average molecular weight is 359 g/mol. The van der Waals surface area contributed by atoms with Crippen LogP contribution < -0.4 is 10.6 Å². The molecule has 2 rings (SSSR count). The van der Waals surface area contributed by atoms with E-state index in [4.69, 9.17) is 0 Å². The number of hydrogen-bond acceptors (Lipinski definition) is 4. The van der Waals surface area contributed by atoms with Crippen LogP contribution in [0.5, 0.6) is 0 Å². The van der Waals surface area contributed by atoms with Crippen LogP contribution in [0.2, 0.25) is 0 Å². The Morgan fingerprint density at radius 1 is 1.25 bits per heavy atom. The molecule has 1 aliphatic heterocycles. The maximum atomic E-state index is 12.1. The molecule has 0 aromatic rings. The van der Waals surface area contributed by atoms with Crippen molar-refractivity contribution in [3.8, 4) is 0 Å². The van der Waals surface area contributed by atoms with Crippen LogP contribution in [-0.2, 0) is 14.6 Å². The maximum Gasteiger partial charge on any atom is 0.239 e. The molecule has 0 spiro atoms. The molecule has 24 heavy (non-hydrogen) atoms. The molecule has 0 bridgehead atoms. The molecule has 0 aromatic heterocycles. The smallest absolute Gasteiger partial charge is 0.239 e. The topological polar surface area (TPSA) is 90.9 Å². The van der Waals surface area contributed by atoms with Crippen LogP contribution in [0.15, 0.2) is 4.99 Å². The van der Waals surface area contributed by atoms with Gasteiger partial charge in [0.25, 0.3) is 0 Å². The Balaban J connectivity index is 1.85. The third-order valence-electron chi connectivity index (χ3n) is 4.93. The van der Waals surface area contributed by atoms with Crippen LogP contribution in [0.25, 0.3) is 0 Å². The average Bonchev–Trinajstić information content (AvgIpc) is 2.52. The SMILES string of the molecule is CN=C(NCC(=O)NC1CCCCC1)N1CCS(=O)(=O)C(C)(C)C1. The number of carbonyl (C=O) groups is 1. The predicted molar refractivity (Wildman–Crippen MR) is 95.8 cm³/mol. The molecule has 138 valence electrons. The van der Waals surface area contributed by atoms with Crippen molar-refractivity contribution in [2.24, 2.45) is 4.99 Å². The summed E-state index contributed by atoms with van der Waals surface area (Å²) in [7, 11) is -1.44. The molecule has 8 heteroatoms. The summed E-state index contributed by atoms with van der Waals surface area (Å²) in [5, 5.41) is 6.12. The van der Waals surface area contributed by atoms with E-state index in [0.29, 0.717) is 19.0 Å². The zero-order chi connectivity index (χ0) is 17.8. The van der Waals surface area contributed by atoms with E-state index in [1.807, 2.05) is 4.90 Å². The lowest BCUT2D eigenvalue weighted by Crippen LogP contribution is -2.58. The summed E-state index contributed by atoms with van der Waals surface area (Å²) in [6.45, 7) is 4.40. The first-order valence-electron chi connectivity index (χ1n) is 8.72. The molecular formula is C16H30N4O3S. The predicted octanol–water partition coefficient (Wildman–Crippen LogP) is 0.520. The third-order valence-corrected chi connectivity index (χ3v) is 7.47. The van der Waals surface area contributed by atoms with E-state index < -0.39 is 14.6 Å². The molecular weight excluding hydrogens is 328 g/mol. The number of aliphatic imine (C=N–C) groups is 1. The van der Waals surface area contributed by atoms with E-state index in [1.165, 1.54) is 19.3 Å². The van der Waals surface area contributed by atoms with Crippen molar-refractivity contribution in [1.82, 2.24) is 15.5 Å². The summed E-state index contributed by atoms with van der Waals surface area (Å²) >= 11 is 0. The van der Waals surface area contributed by atoms with Gasteiger partial charge in [0.2, 0.25) is 5.91 Å². The normalized spacial score (nSPS) is 24.5. The number of carbonyl (C=O) groups excluding carboxylic acids is 1. The number of nitrogens with zero attached hydrogens (tertiary/aromatic N) is 2. The summed E-state index contributed by atoms with van der Waals surface area (Å²) in [5.74, 6) is 0.651. The summed E-state index contributed by atoms with van der Waals surface area (Å²) in [5.41, 5.74) is 0. The molecule has 0 unspecified atom stereocenters. The zero-order valence-corrected chi connectivity index (χ0v) is 15.8. The fourth-order valence-electron chi connectivity index (χ4n) is 3.34. The molecule has 0 atom stereocenters. The third kappa shape index (κ3) is 4.62. The van der Waals surface area contributed by atoms with Gasteiger partial charge in [-0.3, -0.25) is 9.79 Å². The van der Waals surface area contributed by atoms with Crippen LogP contribution in [0.1, 0.15) is 46.0 Å². The molecule has 1 saturated heterocycles. The van der Waals surface area contributed by atoms with Gasteiger partial charge in [0.1, 0.15) is 0 Å². The van der Waals surface area contributed by atoms with E-state index in [-0.39, 0.29) is 24.2 Å². The van der Waals surface area contributed by atoms with E-state index in [0.717, 1.165) is 12.8 Å².